The van der Waals surface area contributed by atoms with Crippen LogP contribution in [0.4, 0.5) is 0 Å². The molecule has 0 aromatic heterocycles. The number of carbonyl (C=O) groups excluding carboxylic acids is 1. The Kier molecular flexibility index (Phi) is 4.97. The number of carboxylic acid groups (broad SMARTS) is 1. The van der Waals surface area contributed by atoms with Crippen LogP contribution < -0.4 is 5.32 Å². The van der Waals surface area contributed by atoms with Gasteiger partial charge in [-0.3, -0.25) is 9.59 Å². The number of carbonyl (C=O) groups is 2. The monoisotopic (exact) mass is 241 g/mol. The summed E-state index contributed by atoms with van der Waals surface area (Å²) in [5, 5.41) is 12.0. The van der Waals surface area contributed by atoms with E-state index in [0.29, 0.717) is 18.8 Å². The highest BCUT2D eigenvalue weighted by atomic mass is 16.4. The van der Waals surface area contributed by atoms with E-state index in [-0.39, 0.29) is 17.9 Å². The zero-order valence-electron chi connectivity index (χ0n) is 10.9. The molecule has 1 amide bonds. The van der Waals surface area contributed by atoms with Crippen LogP contribution in [0.15, 0.2) is 0 Å². The summed E-state index contributed by atoms with van der Waals surface area (Å²) in [6, 6.07) is 0.137. The second-order valence-electron chi connectivity index (χ2n) is 5.33. The van der Waals surface area contributed by atoms with Crippen LogP contribution in [0.3, 0.4) is 0 Å². The first-order chi connectivity index (χ1) is 7.95. The van der Waals surface area contributed by atoms with Crippen LogP contribution in [0.25, 0.3) is 0 Å². The predicted octanol–water partition coefficient (Wildman–Crippen LogP) is 2.04. The number of nitrogens with one attached hydrogen (secondary N) is 1. The van der Waals surface area contributed by atoms with Crippen molar-refractivity contribution in [2.24, 2.45) is 17.8 Å². The van der Waals surface area contributed by atoms with E-state index < -0.39 is 11.9 Å². The van der Waals surface area contributed by atoms with E-state index in [0.717, 1.165) is 12.8 Å². The number of hydrogen-bond donors (Lipinski definition) is 2. The molecule has 0 aliphatic heterocycles. The van der Waals surface area contributed by atoms with Gasteiger partial charge in [0.1, 0.15) is 0 Å². The van der Waals surface area contributed by atoms with Gasteiger partial charge in [-0.1, -0.05) is 20.3 Å². The third-order valence-corrected chi connectivity index (χ3v) is 3.56. The van der Waals surface area contributed by atoms with Gasteiger partial charge in [0.25, 0.3) is 0 Å². The summed E-state index contributed by atoms with van der Waals surface area (Å²) in [6.07, 6.45) is 3.27. The lowest BCUT2D eigenvalue weighted by Crippen LogP contribution is -2.40. The van der Waals surface area contributed by atoms with Crippen molar-refractivity contribution in [2.75, 3.05) is 0 Å². The Morgan fingerprint density at radius 1 is 1.35 bits per heavy atom. The Hall–Kier alpha value is -1.06. The van der Waals surface area contributed by atoms with Crippen molar-refractivity contribution in [3.05, 3.63) is 0 Å². The molecule has 4 nitrogen and oxygen atoms in total. The molecule has 4 atom stereocenters. The van der Waals surface area contributed by atoms with Crippen LogP contribution in [0.5, 0.6) is 0 Å². The molecule has 98 valence electrons. The van der Waals surface area contributed by atoms with E-state index in [9.17, 15) is 9.59 Å². The molecular formula is C13H23NO3. The minimum atomic E-state index is -0.836. The summed E-state index contributed by atoms with van der Waals surface area (Å²) < 4.78 is 0. The Balaban J connectivity index is 2.58. The lowest BCUT2D eigenvalue weighted by Gasteiger charge is -2.19. The second kappa shape index (κ2) is 6.03. The molecular weight excluding hydrogens is 218 g/mol. The highest BCUT2D eigenvalue weighted by molar-refractivity contribution is 5.85. The Morgan fingerprint density at radius 3 is 2.47 bits per heavy atom. The van der Waals surface area contributed by atoms with E-state index in [2.05, 4.69) is 12.2 Å². The van der Waals surface area contributed by atoms with Gasteiger partial charge < -0.3 is 10.4 Å². The molecule has 4 unspecified atom stereocenters. The molecule has 17 heavy (non-hydrogen) atoms. The van der Waals surface area contributed by atoms with Crippen molar-refractivity contribution in [3.8, 4) is 0 Å². The Morgan fingerprint density at radius 2 is 1.94 bits per heavy atom. The van der Waals surface area contributed by atoms with Crippen molar-refractivity contribution in [1.82, 2.24) is 5.32 Å². The van der Waals surface area contributed by atoms with E-state index in [1.54, 1.807) is 0 Å². The van der Waals surface area contributed by atoms with Gasteiger partial charge in [-0.15, -0.1) is 0 Å². The van der Waals surface area contributed by atoms with Gasteiger partial charge in [-0.05, 0) is 32.1 Å². The van der Waals surface area contributed by atoms with Crippen LogP contribution >= 0.6 is 0 Å². The average molecular weight is 241 g/mol. The highest BCUT2D eigenvalue weighted by Gasteiger charge is 2.41. The van der Waals surface area contributed by atoms with Gasteiger partial charge in [0.2, 0.25) is 5.91 Å². The van der Waals surface area contributed by atoms with E-state index in [4.69, 9.17) is 5.11 Å². The molecule has 1 rings (SSSR count). The smallest absolute Gasteiger partial charge is 0.307 e. The molecule has 0 saturated heterocycles. The number of aliphatic carboxylic acids is 1. The minimum absolute atomic E-state index is 0.0808. The quantitative estimate of drug-likeness (QED) is 0.774. The topological polar surface area (TPSA) is 66.4 Å². The fourth-order valence-electron chi connectivity index (χ4n) is 2.71. The molecule has 0 radical (unpaired) electrons. The molecule has 1 aliphatic rings. The zero-order valence-corrected chi connectivity index (χ0v) is 10.9. The normalized spacial score (nSPS) is 29.9. The van der Waals surface area contributed by atoms with Crippen LogP contribution in [-0.2, 0) is 9.59 Å². The van der Waals surface area contributed by atoms with Gasteiger partial charge in [0, 0.05) is 6.04 Å². The van der Waals surface area contributed by atoms with Gasteiger partial charge >= 0.3 is 5.97 Å². The summed E-state index contributed by atoms with van der Waals surface area (Å²) in [7, 11) is 0. The summed E-state index contributed by atoms with van der Waals surface area (Å²) in [4.78, 5) is 23.1. The van der Waals surface area contributed by atoms with Crippen LogP contribution in [0.2, 0.25) is 0 Å². The van der Waals surface area contributed by atoms with Crippen molar-refractivity contribution >= 4 is 11.9 Å². The Bertz CT molecular complexity index is 290. The molecule has 1 fully saturated rings. The number of rotatable bonds is 5. The summed E-state index contributed by atoms with van der Waals surface area (Å²) in [5.41, 5.74) is 0. The van der Waals surface area contributed by atoms with Gasteiger partial charge in [-0.25, -0.2) is 0 Å². The molecule has 0 aromatic rings. The first-order valence-corrected chi connectivity index (χ1v) is 6.48. The van der Waals surface area contributed by atoms with Crippen molar-refractivity contribution in [2.45, 2.75) is 52.5 Å². The number of carboxylic acids is 1. The van der Waals surface area contributed by atoms with Crippen molar-refractivity contribution in [3.63, 3.8) is 0 Å². The standard InChI is InChI=1S/C13H23NO3/c1-4-5-9(3)14-12(15)10-6-8(2)7-11(10)13(16)17/h8-11H,4-7H2,1-3H3,(H,14,15)(H,16,17). The SMILES string of the molecule is CCCC(C)NC(=O)C1CC(C)CC1C(=O)O. The molecule has 0 aromatic carbocycles. The van der Waals surface area contributed by atoms with E-state index >= 15 is 0 Å². The van der Waals surface area contributed by atoms with E-state index in [1.165, 1.54) is 0 Å². The zero-order chi connectivity index (χ0) is 13.0. The summed E-state index contributed by atoms with van der Waals surface area (Å²) >= 11 is 0. The van der Waals surface area contributed by atoms with Crippen LogP contribution in [0, 0.1) is 17.8 Å². The molecule has 0 spiro atoms. The highest BCUT2D eigenvalue weighted by Crippen LogP contribution is 2.36. The third-order valence-electron chi connectivity index (χ3n) is 3.56. The molecule has 0 heterocycles. The maximum atomic E-state index is 12.0. The van der Waals surface area contributed by atoms with Crippen molar-refractivity contribution in [1.29, 1.82) is 0 Å². The fraction of sp³-hybridized carbons (Fsp3) is 0.846. The van der Waals surface area contributed by atoms with E-state index in [1.807, 2.05) is 13.8 Å². The minimum Gasteiger partial charge on any atom is -0.481 e. The van der Waals surface area contributed by atoms with Crippen molar-refractivity contribution < 1.29 is 14.7 Å². The average Bonchev–Trinajstić information content (AvgIpc) is 2.60. The van der Waals surface area contributed by atoms with Gasteiger partial charge in [0.05, 0.1) is 11.8 Å². The summed E-state index contributed by atoms with van der Waals surface area (Å²) in [6.45, 7) is 6.05. The largest absolute Gasteiger partial charge is 0.481 e. The van der Waals surface area contributed by atoms with Crippen LogP contribution in [-0.4, -0.2) is 23.0 Å². The Labute approximate surface area is 103 Å². The molecule has 1 aliphatic carbocycles. The lowest BCUT2D eigenvalue weighted by atomic mass is 9.95. The second-order valence-corrected chi connectivity index (χ2v) is 5.33. The number of amides is 1. The maximum absolute atomic E-state index is 12.0. The van der Waals surface area contributed by atoms with Gasteiger partial charge in [0.15, 0.2) is 0 Å². The first kappa shape index (κ1) is 14.0. The molecule has 2 N–H and O–H groups in total. The maximum Gasteiger partial charge on any atom is 0.307 e. The molecule has 0 bridgehead atoms. The number of hydrogen-bond acceptors (Lipinski definition) is 2. The predicted molar refractivity (Wildman–Crippen MR) is 65.5 cm³/mol. The first-order valence-electron chi connectivity index (χ1n) is 6.48. The molecule has 4 heteroatoms. The fourth-order valence-corrected chi connectivity index (χ4v) is 2.71. The lowest BCUT2D eigenvalue weighted by molar-refractivity contribution is -0.146. The third kappa shape index (κ3) is 3.72. The van der Waals surface area contributed by atoms with Gasteiger partial charge in [-0.2, -0.15) is 0 Å². The summed E-state index contributed by atoms with van der Waals surface area (Å²) in [5.74, 6) is -1.44. The van der Waals surface area contributed by atoms with Crippen LogP contribution in [0.1, 0.15) is 46.5 Å². The molecule has 1 saturated carbocycles.